The predicted octanol–water partition coefficient (Wildman–Crippen LogP) is 3.14. The van der Waals surface area contributed by atoms with Gasteiger partial charge in [-0.15, -0.1) is 11.3 Å². The maximum absolute atomic E-state index is 5.97. The molecule has 24 heavy (non-hydrogen) atoms. The minimum Gasteiger partial charge on any atom is -0.494 e. The molecule has 1 fully saturated rings. The van der Waals surface area contributed by atoms with Crippen molar-refractivity contribution in [2.24, 2.45) is 0 Å². The number of nitrogens with zero attached hydrogens (tertiary/aromatic N) is 4. The predicted molar refractivity (Wildman–Crippen MR) is 94.1 cm³/mol. The van der Waals surface area contributed by atoms with Gasteiger partial charge in [0.2, 0.25) is 0 Å². The Morgan fingerprint density at radius 3 is 2.92 bits per heavy atom. The first-order chi connectivity index (χ1) is 11.8. The van der Waals surface area contributed by atoms with Crippen LogP contribution in [0.3, 0.4) is 0 Å². The third kappa shape index (κ3) is 2.99. The summed E-state index contributed by atoms with van der Waals surface area (Å²) in [5, 5.41) is 2.09. The zero-order chi connectivity index (χ0) is 16.4. The Bertz CT molecular complexity index is 821. The lowest BCUT2D eigenvalue weighted by atomic mass is 10.1. The van der Waals surface area contributed by atoms with Crippen LogP contribution in [0.15, 0.2) is 36.1 Å². The van der Waals surface area contributed by atoms with Crippen LogP contribution in [0.4, 0.5) is 5.69 Å². The molecule has 1 aliphatic heterocycles. The number of anilines is 1. The van der Waals surface area contributed by atoms with Gasteiger partial charge >= 0.3 is 6.01 Å². The Kier molecular flexibility index (Phi) is 4.17. The van der Waals surface area contributed by atoms with Crippen molar-refractivity contribution in [3.05, 3.63) is 36.1 Å². The van der Waals surface area contributed by atoms with Gasteiger partial charge in [0.05, 0.1) is 42.0 Å². The molecule has 0 bridgehead atoms. The first kappa shape index (κ1) is 15.1. The molecule has 1 atom stereocenters. The maximum atomic E-state index is 5.97. The van der Waals surface area contributed by atoms with Gasteiger partial charge in [-0.3, -0.25) is 4.98 Å². The van der Waals surface area contributed by atoms with Crippen molar-refractivity contribution < 1.29 is 9.47 Å². The topological polar surface area (TPSA) is 60.4 Å². The van der Waals surface area contributed by atoms with Crippen LogP contribution in [0, 0.1) is 0 Å². The second-order valence-electron chi connectivity index (χ2n) is 5.70. The van der Waals surface area contributed by atoms with E-state index in [0.29, 0.717) is 11.8 Å². The second-order valence-corrected chi connectivity index (χ2v) is 6.61. The van der Waals surface area contributed by atoms with E-state index < -0.39 is 0 Å². The van der Waals surface area contributed by atoms with E-state index in [-0.39, 0.29) is 6.10 Å². The van der Waals surface area contributed by atoms with Gasteiger partial charge < -0.3 is 14.4 Å². The molecule has 0 aromatic carbocycles. The summed E-state index contributed by atoms with van der Waals surface area (Å²) in [5.41, 5.74) is 2.29. The Hall–Kier alpha value is -2.41. The van der Waals surface area contributed by atoms with Crippen molar-refractivity contribution in [2.75, 3.05) is 25.1 Å². The summed E-state index contributed by atoms with van der Waals surface area (Å²) in [4.78, 5) is 15.2. The lowest BCUT2D eigenvalue weighted by molar-refractivity contribution is 0.164. The largest absolute Gasteiger partial charge is 0.494 e. The average Bonchev–Trinajstić information content (AvgIpc) is 3.11. The molecule has 7 heteroatoms. The second kappa shape index (κ2) is 6.60. The number of aromatic nitrogens is 3. The minimum absolute atomic E-state index is 0.0790. The van der Waals surface area contributed by atoms with E-state index in [2.05, 4.69) is 37.4 Å². The van der Waals surface area contributed by atoms with Gasteiger partial charge in [-0.05, 0) is 30.4 Å². The van der Waals surface area contributed by atoms with Gasteiger partial charge in [0, 0.05) is 12.7 Å². The number of piperidine rings is 1. The van der Waals surface area contributed by atoms with Crippen LogP contribution >= 0.6 is 11.3 Å². The van der Waals surface area contributed by atoms with E-state index in [9.17, 15) is 0 Å². The fourth-order valence-electron chi connectivity index (χ4n) is 2.98. The first-order valence-electron chi connectivity index (χ1n) is 7.93. The summed E-state index contributed by atoms with van der Waals surface area (Å²) in [7, 11) is 1.60. The molecule has 1 saturated heterocycles. The fraction of sp³-hybridized carbons (Fsp3) is 0.353. The van der Waals surface area contributed by atoms with Gasteiger partial charge in [-0.25, -0.2) is 0 Å². The number of fused-ring (bicyclic) bond motifs is 1. The highest BCUT2D eigenvalue weighted by molar-refractivity contribution is 7.17. The molecular formula is C17H18N4O2S. The molecule has 6 nitrogen and oxygen atoms in total. The number of hydrogen-bond donors (Lipinski definition) is 0. The van der Waals surface area contributed by atoms with Crippen LogP contribution in [-0.4, -0.2) is 41.3 Å². The van der Waals surface area contributed by atoms with Gasteiger partial charge in [-0.2, -0.15) is 9.97 Å². The third-order valence-electron chi connectivity index (χ3n) is 4.15. The molecule has 0 radical (unpaired) electrons. The van der Waals surface area contributed by atoms with Crippen LogP contribution in [0.25, 0.3) is 10.2 Å². The zero-order valence-electron chi connectivity index (χ0n) is 13.4. The highest BCUT2D eigenvalue weighted by Crippen LogP contribution is 2.32. The summed E-state index contributed by atoms with van der Waals surface area (Å²) < 4.78 is 12.3. The van der Waals surface area contributed by atoms with Gasteiger partial charge in [-0.1, -0.05) is 0 Å². The molecule has 3 aromatic heterocycles. The fourth-order valence-corrected chi connectivity index (χ4v) is 3.87. The standard InChI is InChI=1S/C17H18N4O2S/c1-22-13-9-19-17(20-10-13)23-12-3-2-7-21(11-12)15-4-6-18-14-5-8-24-16(14)15/h4-6,8-10,12H,2-3,7,11H2,1H3. The number of thiophene rings is 1. The smallest absolute Gasteiger partial charge is 0.316 e. The molecular weight excluding hydrogens is 324 g/mol. The first-order valence-corrected chi connectivity index (χ1v) is 8.81. The summed E-state index contributed by atoms with van der Waals surface area (Å²) in [6.45, 7) is 1.85. The molecule has 4 heterocycles. The number of pyridine rings is 1. The quantitative estimate of drug-likeness (QED) is 0.726. The van der Waals surface area contributed by atoms with E-state index in [4.69, 9.17) is 9.47 Å². The van der Waals surface area contributed by atoms with Crippen LogP contribution in [-0.2, 0) is 0 Å². The van der Waals surface area contributed by atoms with Gasteiger partial charge in [0.25, 0.3) is 0 Å². The molecule has 124 valence electrons. The van der Waals surface area contributed by atoms with Crippen LogP contribution in [0.1, 0.15) is 12.8 Å². The number of ether oxygens (including phenoxy) is 2. The van der Waals surface area contributed by atoms with Crippen molar-refractivity contribution in [3.63, 3.8) is 0 Å². The van der Waals surface area contributed by atoms with E-state index in [1.165, 1.54) is 10.4 Å². The van der Waals surface area contributed by atoms with Crippen LogP contribution in [0.2, 0.25) is 0 Å². The molecule has 0 saturated carbocycles. The van der Waals surface area contributed by atoms with Gasteiger partial charge in [0.1, 0.15) is 6.10 Å². The number of methoxy groups -OCH3 is 1. The van der Waals surface area contributed by atoms with Crippen molar-refractivity contribution >= 4 is 27.2 Å². The average molecular weight is 342 g/mol. The number of rotatable bonds is 4. The molecule has 4 rings (SSSR count). The Morgan fingerprint density at radius 1 is 1.21 bits per heavy atom. The third-order valence-corrected chi connectivity index (χ3v) is 5.08. The van der Waals surface area contributed by atoms with Crippen molar-refractivity contribution in [1.82, 2.24) is 15.0 Å². The summed E-state index contributed by atoms with van der Waals surface area (Å²) in [5.74, 6) is 0.629. The van der Waals surface area contributed by atoms with Crippen molar-refractivity contribution in [3.8, 4) is 11.8 Å². The summed E-state index contributed by atoms with van der Waals surface area (Å²) in [6, 6.07) is 4.55. The molecule has 0 amide bonds. The van der Waals surface area contributed by atoms with Crippen molar-refractivity contribution in [1.29, 1.82) is 0 Å². The Balaban J connectivity index is 1.50. The van der Waals surface area contributed by atoms with E-state index in [0.717, 1.165) is 31.4 Å². The lowest BCUT2D eigenvalue weighted by Crippen LogP contribution is -2.41. The lowest BCUT2D eigenvalue weighted by Gasteiger charge is -2.34. The highest BCUT2D eigenvalue weighted by Gasteiger charge is 2.24. The highest BCUT2D eigenvalue weighted by atomic mass is 32.1. The molecule has 0 aliphatic carbocycles. The monoisotopic (exact) mass is 342 g/mol. The van der Waals surface area contributed by atoms with E-state index in [1.54, 1.807) is 30.8 Å². The van der Waals surface area contributed by atoms with Crippen LogP contribution < -0.4 is 14.4 Å². The Morgan fingerprint density at radius 2 is 2.08 bits per heavy atom. The molecule has 3 aromatic rings. The maximum Gasteiger partial charge on any atom is 0.316 e. The van der Waals surface area contributed by atoms with E-state index >= 15 is 0 Å². The molecule has 0 N–H and O–H groups in total. The number of hydrogen-bond acceptors (Lipinski definition) is 7. The normalized spacial score (nSPS) is 17.9. The summed E-state index contributed by atoms with van der Waals surface area (Å²) in [6.07, 6.45) is 7.29. The van der Waals surface area contributed by atoms with Gasteiger partial charge in [0.15, 0.2) is 5.75 Å². The molecule has 0 spiro atoms. The minimum atomic E-state index is 0.0790. The molecule has 1 unspecified atom stereocenters. The zero-order valence-corrected chi connectivity index (χ0v) is 14.2. The van der Waals surface area contributed by atoms with Crippen LogP contribution in [0.5, 0.6) is 11.8 Å². The molecule has 1 aliphatic rings. The summed E-state index contributed by atoms with van der Waals surface area (Å²) >= 11 is 1.73. The SMILES string of the molecule is COc1cnc(OC2CCCN(c3ccnc4ccsc34)C2)nc1. The Labute approximate surface area is 144 Å². The van der Waals surface area contributed by atoms with E-state index in [1.807, 2.05) is 6.20 Å². The van der Waals surface area contributed by atoms with Crippen molar-refractivity contribution in [2.45, 2.75) is 18.9 Å².